The minimum atomic E-state index is -0.765. The average molecular weight is 261 g/mol. The molecule has 1 aromatic rings. The molecule has 19 heavy (non-hydrogen) atoms. The molecule has 2 rings (SSSR count). The number of para-hydroxylation sites is 1. The van der Waals surface area contributed by atoms with E-state index in [0.29, 0.717) is 0 Å². The standard InChI is InChI=1S/C13H15N3O3/c1-9-11(14-13(18)19-3)12(17)16(15(9)2)10-7-5-4-6-8-10/h4-9H,1-3H3. The molecule has 1 fully saturated rings. The number of aliphatic imine (C=N–C) groups is 1. The van der Waals surface area contributed by atoms with Crippen LogP contribution in [0.3, 0.4) is 0 Å². The van der Waals surface area contributed by atoms with E-state index in [4.69, 9.17) is 0 Å². The average Bonchev–Trinajstić information content (AvgIpc) is 2.63. The summed E-state index contributed by atoms with van der Waals surface area (Å²) < 4.78 is 4.47. The van der Waals surface area contributed by atoms with Crippen LogP contribution in [0.2, 0.25) is 0 Å². The van der Waals surface area contributed by atoms with Crippen LogP contribution in [-0.4, -0.2) is 42.9 Å². The fraction of sp³-hybridized carbons (Fsp3) is 0.308. The zero-order chi connectivity index (χ0) is 14.0. The van der Waals surface area contributed by atoms with E-state index in [1.54, 1.807) is 12.1 Å². The van der Waals surface area contributed by atoms with Gasteiger partial charge in [-0.2, -0.15) is 4.99 Å². The molecule has 0 radical (unpaired) electrons. The Morgan fingerprint density at radius 3 is 2.53 bits per heavy atom. The fourth-order valence-corrected chi connectivity index (χ4v) is 1.93. The van der Waals surface area contributed by atoms with Crippen LogP contribution in [0.15, 0.2) is 35.3 Å². The highest BCUT2D eigenvalue weighted by Gasteiger charge is 2.40. The van der Waals surface area contributed by atoms with Crippen LogP contribution in [0.5, 0.6) is 0 Å². The van der Waals surface area contributed by atoms with Crippen molar-refractivity contribution in [2.24, 2.45) is 4.99 Å². The van der Waals surface area contributed by atoms with Crippen molar-refractivity contribution >= 4 is 23.4 Å². The van der Waals surface area contributed by atoms with E-state index < -0.39 is 6.09 Å². The van der Waals surface area contributed by atoms with Gasteiger partial charge in [0.2, 0.25) is 0 Å². The lowest BCUT2D eigenvalue weighted by Crippen LogP contribution is -2.38. The third-order valence-electron chi connectivity index (χ3n) is 3.07. The molecular weight excluding hydrogens is 246 g/mol. The van der Waals surface area contributed by atoms with Crippen LogP contribution < -0.4 is 5.01 Å². The summed E-state index contributed by atoms with van der Waals surface area (Å²) in [6, 6.07) is 8.92. The summed E-state index contributed by atoms with van der Waals surface area (Å²) in [5.41, 5.74) is 0.912. The van der Waals surface area contributed by atoms with Gasteiger partial charge >= 0.3 is 6.09 Å². The molecule has 1 aliphatic rings. The summed E-state index contributed by atoms with van der Waals surface area (Å²) in [7, 11) is 3.00. The van der Waals surface area contributed by atoms with Gasteiger partial charge in [-0.25, -0.2) is 14.8 Å². The minimum Gasteiger partial charge on any atom is -0.451 e. The van der Waals surface area contributed by atoms with Crippen molar-refractivity contribution in [1.29, 1.82) is 0 Å². The highest BCUT2D eigenvalue weighted by molar-refractivity contribution is 6.48. The Morgan fingerprint density at radius 1 is 1.32 bits per heavy atom. The normalized spacial score (nSPS) is 22.1. The second-order valence-corrected chi connectivity index (χ2v) is 4.17. The lowest BCUT2D eigenvalue weighted by molar-refractivity contribution is -0.113. The maximum Gasteiger partial charge on any atom is 0.433 e. The van der Waals surface area contributed by atoms with Crippen LogP contribution in [-0.2, 0) is 9.53 Å². The Hall–Kier alpha value is -2.21. The molecule has 100 valence electrons. The van der Waals surface area contributed by atoms with Gasteiger partial charge in [-0.3, -0.25) is 4.79 Å². The van der Waals surface area contributed by atoms with E-state index in [-0.39, 0.29) is 17.7 Å². The lowest BCUT2D eigenvalue weighted by atomic mass is 10.2. The number of hydrazine groups is 1. The number of rotatable bonds is 1. The Labute approximate surface area is 111 Å². The van der Waals surface area contributed by atoms with Gasteiger partial charge in [0.05, 0.1) is 18.8 Å². The van der Waals surface area contributed by atoms with Crippen molar-refractivity contribution < 1.29 is 14.3 Å². The highest BCUT2D eigenvalue weighted by Crippen LogP contribution is 2.24. The molecule has 2 amide bonds. The summed E-state index contributed by atoms with van der Waals surface area (Å²) >= 11 is 0. The first-order valence-electron chi connectivity index (χ1n) is 5.85. The van der Waals surface area contributed by atoms with E-state index in [1.807, 2.05) is 37.3 Å². The lowest BCUT2D eigenvalue weighted by Gasteiger charge is -2.25. The zero-order valence-electron chi connectivity index (χ0n) is 11.0. The molecule has 1 atom stereocenters. The Kier molecular flexibility index (Phi) is 3.62. The molecule has 0 aromatic heterocycles. The minimum absolute atomic E-state index is 0.179. The molecule has 0 N–H and O–H groups in total. The van der Waals surface area contributed by atoms with Crippen molar-refractivity contribution in [3.05, 3.63) is 30.3 Å². The van der Waals surface area contributed by atoms with Gasteiger partial charge in [0, 0.05) is 7.05 Å². The number of amides is 2. The number of methoxy groups -OCH3 is 1. The smallest absolute Gasteiger partial charge is 0.433 e. The largest absolute Gasteiger partial charge is 0.451 e. The topological polar surface area (TPSA) is 62.2 Å². The van der Waals surface area contributed by atoms with Crippen LogP contribution in [0.1, 0.15) is 6.92 Å². The molecular formula is C13H15N3O3. The van der Waals surface area contributed by atoms with Crippen LogP contribution in [0.25, 0.3) is 0 Å². The first kappa shape index (κ1) is 13.2. The Balaban J connectivity index is 2.37. The third-order valence-corrected chi connectivity index (χ3v) is 3.07. The number of hydrogen-bond donors (Lipinski definition) is 0. The molecule has 0 bridgehead atoms. The molecule has 1 saturated heterocycles. The van der Waals surface area contributed by atoms with Gasteiger partial charge in [-0.15, -0.1) is 0 Å². The molecule has 6 nitrogen and oxygen atoms in total. The SMILES string of the molecule is COC(=O)N=C1C(=O)N(c2ccccc2)N(C)C1C. The number of benzene rings is 1. The summed E-state index contributed by atoms with van der Waals surface area (Å²) in [5, 5.41) is 3.23. The van der Waals surface area contributed by atoms with Crippen molar-refractivity contribution in [3.63, 3.8) is 0 Å². The van der Waals surface area contributed by atoms with Crippen LogP contribution >= 0.6 is 0 Å². The maximum atomic E-state index is 12.3. The third kappa shape index (κ3) is 2.34. The van der Waals surface area contributed by atoms with E-state index in [0.717, 1.165) is 5.69 Å². The zero-order valence-corrected chi connectivity index (χ0v) is 11.0. The molecule has 6 heteroatoms. The van der Waals surface area contributed by atoms with Crippen molar-refractivity contribution in [1.82, 2.24) is 5.01 Å². The maximum absolute atomic E-state index is 12.3. The van der Waals surface area contributed by atoms with E-state index >= 15 is 0 Å². The summed E-state index contributed by atoms with van der Waals surface area (Å²) in [5.74, 6) is -0.313. The summed E-state index contributed by atoms with van der Waals surface area (Å²) in [6.07, 6.45) is -0.765. The van der Waals surface area contributed by atoms with Gasteiger partial charge in [-0.05, 0) is 19.1 Å². The van der Waals surface area contributed by atoms with Crippen molar-refractivity contribution in [3.8, 4) is 0 Å². The Bertz CT molecular complexity index is 527. The van der Waals surface area contributed by atoms with Gasteiger partial charge < -0.3 is 4.74 Å². The van der Waals surface area contributed by atoms with E-state index in [1.165, 1.54) is 12.1 Å². The predicted octanol–water partition coefficient (Wildman–Crippen LogP) is 1.48. The Morgan fingerprint density at radius 2 is 1.95 bits per heavy atom. The monoisotopic (exact) mass is 261 g/mol. The molecule has 1 unspecified atom stereocenters. The van der Waals surface area contributed by atoms with E-state index in [9.17, 15) is 9.59 Å². The molecule has 1 aromatic carbocycles. The first-order valence-corrected chi connectivity index (χ1v) is 5.85. The van der Waals surface area contributed by atoms with Crippen LogP contribution in [0.4, 0.5) is 10.5 Å². The molecule has 0 saturated carbocycles. The number of carbonyl (C=O) groups is 2. The van der Waals surface area contributed by atoms with Crippen LogP contribution in [0, 0.1) is 0 Å². The van der Waals surface area contributed by atoms with E-state index in [2.05, 4.69) is 9.73 Å². The fourth-order valence-electron chi connectivity index (χ4n) is 1.93. The molecule has 1 aliphatic heterocycles. The van der Waals surface area contributed by atoms with Crippen molar-refractivity contribution in [2.45, 2.75) is 13.0 Å². The van der Waals surface area contributed by atoms with Gasteiger partial charge in [-0.1, -0.05) is 18.2 Å². The number of anilines is 1. The second kappa shape index (κ2) is 5.19. The highest BCUT2D eigenvalue weighted by atomic mass is 16.5. The molecule has 0 spiro atoms. The van der Waals surface area contributed by atoms with Gasteiger partial charge in [0.15, 0.2) is 0 Å². The second-order valence-electron chi connectivity index (χ2n) is 4.17. The number of hydrogen-bond acceptors (Lipinski definition) is 4. The summed E-state index contributed by atoms with van der Waals surface area (Å²) in [4.78, 5) is 27.2. The number of carbonyl (C=O) groups excluding carboxylic acids is 2. The number of nitrogens with zero attached hydrogens (tertiary/aromatic N) is 3. The van der Waals surface area contributed by atoms with Gasteiger partial charge in [0.25, 0.3) is 5.91 Å². The first-order chi connectivity index (χ1) is 9.06. The van der Waals surface area contributed by atoms with Crippen molar-refractivity contribution in [2.75, 3.05) is 19.2 Å². The molecule has 0 aliphatic carbocycles. The summed E-state index contributed by atoms with van der Waals surface area (Å²) in [6.45, 7) is 1.81. The van der Waals surface area contributed by atoms with Gasteiger partial charge in [0.1, 0.15) is 5.71 Å². The predicted molar refractivity (Wildman–Crippen MR) is 71.0 cm³/mol. The number of ether oxygens (including phenoxy) is 1. The molecule has 1 heterocycles. The quantitative estimate of drug-likeness (QED) is 0.768.